The van der Waals surface area contributed by atoms with Gasteiger partial charge in [0.15, 0.2) is 0 Å². The van der Waals surface area contributed by atoms with Gasteiger partial charge in [0.25, 0.3) is 0 Å². The van der Waals surface area contributed by atoms with E-state index in [9.17, 15) is 22.8 Å². The van der Waals surface area contributed by atoms with Gasteiger partial charge in [-0.3, -0.25) is 4.79 Å². The van der Waals surface area contributed by atoms with Crippen molar-refractivity contribution in [3.8, 4) is 0 Å². The van der Waals surface area contributed by atoms with E-state index >= 15 is 0 Å². The van der Waals surface area contributed by atoms with Crippen LogP contribution in [0.4, 0.5) is 13.2 Å². The van der Waals surface area contributed by atoms with E-state index in [1.165, 1.54) is 0 Å². The lowest BCUT2D eigenvalue weighted by atomic mass is 9.81. The van der Waals surface area contributed by atoms with E-state index in [1.807, 2.05) is 0 Å². The third-order valence-electron chi connectivity index (χ3n) is 3.82. The average molecular weight is 251 g/mol. The van der Waals surface area contributed by atoms with Gasteiger partial charge in [-0.2, -0.15) is 13.2 Å². The maximum atomic E-state index is 12.2. The first kappa shape index (κ1) is 12.2. The summed E-state index contributed by atoms with van der Waals surface area (Å²) >= 11 is 0. The molecule has 1 amide bonds. The summed E-state index contributed by atoms with van der Waals surface area (Å²) in [5.41, 5.74) is -1.71. The predicted molar refractivity (Wildman–Crippen MR) is 50.0 cm³/mol. The molecule has 3 atom stereocenters. The lowest BCUT2D eigenvalue weighted by Gasteiger charge is -2.34. The zero-order valence-corrected chi connectivity index (χ0v) is 8.88. The molecular formula is C10H12F3NO3. The molecule has 2 aliphatic carbocycles. The number of aliphatic carboxylic acids is 1. The van der Waals surface area contributed by atoms with E-state index in [2.05, 4.69) is 0 Å². The Labute approximate surface area is 95.2 Å². The van der Waals surface area contributed by atoms with Crippen LogP contribution in [0.2, 0.25) is 0 Å². The van der Waals surface area contributed by atoms with Crippen LogP contribution in [-0.4, -0.2) is 28.7 Å². The van der Waals surface area contributed by atoms with Gasteiger partial charge in [0.2, 0.25) is 0 Å². The van der Waals surface area contributed by atoms with Crippen LogP contribution in [0.25, 0.3) is 0 Å². The SMILES string of the molecule is O=C(N[C@@]1(C(=O)O)C[C@H]2CC[C@@H]1C2)C(F)(F)F. The molecular weight excluding hydrogens is 239 g/mol. The van der Waals surface area contributed by atoms with Crippen molar-refractivity contribution >= 4 is 11.9 Å². The molecule has 7 heteroatoms. The number of rotatable bonds is 2. The van der Waals surface area contributed by atoms with Crippen molar-refractivity contribution in [3.05, 3.63) is 0 Å². The van der Waals surface area contributed by atoms with Crippen molar-refractivity contribution in [1.82, 2.24) is 5.32 Å². The van der Waals surface area contributed by atoms with Crippen molar-refractivity contribution < 1.29 is 27.9 Å². The summed E-state index contributed by atoms with van der Waals surface area (Å²) in [6, 6.07) is 0. The number of carbonyl (C=O) groups is 2. The summed E-state index contributed by atoms with van der Waals surface area (Å²) in [5.74, 6) is -3.78. The van der Waals surface area contributed by atoms with Gasteiger partial charge < -0.3 is 10.4 Å². The number of nitrogens with one attached hydrogen (secondary N) is 1. The average Bonchev–Trinajstić information content (AvgIpc) is 2.75. The molecule has 0 spiro atoms. The van der Waals surface area contributed by atoms with E-state index in [-0.39, 0.29) is 18.3 Å². The maximum absolute atomic E-state index is 12.2. The lowest BCUT2D eigenvalue weighted by molar-refractivity contribution is -0.178. The summed E-state index contributed by atoms with van der Waals surface area (Å²) in [5, 5.41) is 10.8. The van der Waals surface area contributed by atoms with Gasteiger partial charge in [-0.05, 0) is 37.5 Å². The molecule has 0 aromatic carbocycles. The van der Waals surface area contributed by atoms with Crippen LogP contribution in [0.1, 0.15) is 25.7 Å². The van der Waals surface area contributed by atoms with Crippen LogP contribution in [0.5, 0.6) is 0 Å². The highest BCUT2D eigenvalue weighted by Gasteiger charge is 2.58. The molecule has 2 bridgehead atoms. The van der Waals surface area contributed by atoms with Gasteiger partial charge >= 0.3 is 18.1 Å². The Bertz CT molecular complexity index is 368. The molecule has 0 radical (unpaired) electrons. The van der Waals surface area contributed by atoms with E-state index in [4.69, 9.17) is 5.11 Å². The molecule has 0 aromatic heterocycles. The van der Waals surface area contributed by atoms with E-state index in [0.717, 1.165) is 6.42 Å². The standard InChI is InChI=1S/C10H12F3NO3/c11-10(12,13)7(15)14-9(8(16)17)4-5-1-2-6(9)3-5/h5-6H,1-4H2,(H,14,15)(H,16,17)/t5-,6+,9-/m0/s1. The Balaban J connectivity index is 2.20. The minimum Gasteiger partial charge on any atom is -0.479 e. The first-order valence-electron chi connectivity index (χ1n) is 5.38. The molecule has 2 aliphatic rings. The number of amides is 1. The fraction of sp³-hybridized carbons (Fsp3) is 0.800. The van der Waals surface area contributed by atoms with Crippen LogP contribution >= 0.6 is 0 Å². The zero-order chi connectivity index (χ0) is 12.8. The number of carboxylic acids is 1. The van der Waals surface area contributed by atoms with Gasteiger partial charge in [0, 0.05) is 0 Å². The molecule has 0 saturated heterocycles. The summed E-state index contributed by atoms with van der Waals surface area (Å²) < 4.78 is 36.5. The highest BCUT2D eigenvalue weighted by Crippen LogP contribution is 2.51. The number of hydrogen-bond acceptors (Lipinski definition) is 2. The summed E-state index contributed by atoms with van der Waals surface area (Å²) in [7, 11) is 0. The molecule has 4 nitrogen and oxygen atoms in total. The number of alkyl halides is 3. The summed E-state index contributed by atoms with van der Waals surface area (Å²) in [4.78, 5) is 22.1. The molecule has 0 heterocycles. The van der Waals surface area contributed by atoms with E-state index in [0.29, 0.717) is 12.8 Å². The molecule has 0 unspecified atom stereocenters. The molecule has 17 heavy (non-hydrogen) atoms. The summed E-state index contributed by atoms with van der Waals surface area (Å²) in [6.45, 7) is 0. The Morgan fingerprint density at radius 1 is 1.29 bits per heavy atom. The lowest BCUT2D eigenvalue weighted by Crippen LogP contribution is -2.60. The third kappa shape index (κ3) is 1.87. The first-order valence-corrected chi connectivity index (χ1v) is 5.38. The fourth-order valence-electron chi connectivity index (χ4n) is 3.07. The molecule has 0 aliphatic heterocycles. The Kier molecular flexibility index (Phi) is 2.59. The maximum Gasteiger partial charge on any atom is 0.471 e. The second-order valence-electron chi connectivity index (χ2n) is 4.81. The Morgan fingerprint density at radius 3 is 2.29 bits per heavy atom. The number of halogens is 3. The topological polar surface area (TPSA) is 66.4 Å². The van der Waals surface area contributed by atoms with Crippen molar-refractivity contribution in [2.45, 2.75) is 37.4 Å². The quantitative estimate of drug-likeness (QED) is 0.777. The number of fused-ring (bicyclic) bond motifs is 2. The molecule has 2 rings (SSSR count). The second kappa shape index (κ2) is 3.61. The van der Waals surface area contributed by atoms with Crippen LogP contribution in [0.3, 0.4) is 0 Å². The number of hydrogen-bond donors (Lipinski definition) is 2. The minimum atomic E-state index is -5.04. The Morgan fingerprint density at radius 2 is 1.94 bits per heavy atom. The molecule has 2 N–H and O–H groups in total. The van der Waals surface area contributed by atoms with Crippen molar-refractivity contribution in [2.24, 2.45) is 11.8 Å². The van der Waals surface area contributed by atoms with E-state index in [1.54, 1.807) is 5.32 Å². The first-order chi connectivity index (χ1) is 7.75. The van der Waals surface area contributed by atoms with Crippen LogP contribution in [0.15, 0.2) is 0 Å². The van der Waals surface area contributed by atoms with Gasteiger partial charge in [0.1, 0.15) is 5.54 Å². The number of carbonyl (C=O) groups excluding carboxylic acids is 1. The highest BCUT2D eigenvalue weighted by molar-refractivity contribution is 5.90. The molecule has 2 saturated carbocycles. The predicted octanol–water partition coefficient (Wildman–Crippen LogP) is 1.31. The van der Waals surface area contributed by atoms with Gasteiger partial charge in [-0.1, -0.05) is 0 Å². The number of carboxylic acid groups (broad SMARTS) is 1. The largest absolute Gasteiger partial charge is 0.479 e. The minimum absolute atomic E-state index is 0.106. The summed E-state index contributed by atoms with van der Waals surface area (Å²) in [6.07, 6.45) is -2.94. The molecule has 0 aromatic rings. The van der Waals surface area contributed by atoms with Crippen molar-refractivity contribution in [3.63, 3.8) is 0 Å². The molecule has 96 valence electrons. The zero-order valence-electron chi connectivity index (χ0n) is 8.88. The van der Waals surface area contributed by atoms with E-state index < -0.39 is 23.6 Å². The third-order valence-corrected chi connectivity index (χ3v) is 3.82. The van der Waals surface area contributed by atoms with Gasteiger partial charge in [0.05, 0.1) is 0 Å². The van der Waals surface area contributed by atoms with Gasteiger partial charge in [-0.25, -0.2) is 4.79 Å². The van der Waals surface area contributed by atoms with Crippen molar-refractivity contribution in [1.29, 1.82) is 0 Å². The normalized spacial score (nSPS) is 35.9. The van der Waals surface area contributed by atoms with Crippen LogP contribution < -0.4 is 5.32 Å². The highest BCUT2D eigenvalue weighted by atomic mass is 19.4. The monoisotopic (exact) mass is 251 g/mol. The van der Waals surface area contributed by atoms with Crippen LogP contribution in [0, 0.1) is 11.8 Å². The van der Waals surface area contributed by atoms with Crippen molar-refractivity contribution in [2.75, 3.05) is 0 Å². The Hall–Kier alpha value is -1.27. The van der Waals surface area contributed by atoms with Crippen LogP contribution in [-0.2, 0) is 9.59 Å². The second-order valence-corrected chi connectivity index (χ2v) is 4.81. The fourth-order valence-corrected chi connectivity index (χ4v) is 3.07. The molecule has 2 fully saturated rings. The smallest absolute Gasteiger partial charge is 0.471 e. The van der Waals surface area contributed by atoms with Gasteiger partial charge in [-0.15, -0.1) is 0 Å².